The molecule has 0 aliphatic heterocycles. The predicted molar refractivity (Wildman–Crippen MR) is 73.4 cm³/mol. The van der Waals surface area contributed by atoms with Crippen LogP contribution in [0.5, 0.6) is 0 Å². The molecule has 0 aliphatic carbocycles. The van der Waals surface area contributed by atoms with Crippen molar-refractivity contribution in [3.8, 4) is 0 Å². The van der Waals surface area contributed by atoms with Crippen molar-refractivity contribution < 1.29 is 13.6 Å². The Hall–Kier alpha value is -2.34. The molecule has 0 radical (unpaired) electrons. The Balaban J connectivity index is 2.24. The lowest BCUT2D eigenvalue weighted by molar-refractivity contribution is 0.0943. The molecule has 3 rings (SSSR count). The quantitative estimate of drug-likeness (QED) is 0.648. The number of aryl methyl sites for hydroxylation is 1. The largest absolute Gasteiger partial charge is 0.284 e. The number of carbonyl (C=O) groups excluding carboxylic acids is 1. The van der Waals surface area contributed by atoms with Gasteiger partial charge in [-0.25, -0.2) is 8.78 Å². The van der Waals surface area contributed by atoms with Crippen LogP contribution in [-0.4, -0.2) is 20.9 Å². The second kappa shape index (κ2) is 4.89. The van der Waals surface area contributed by atoms with Crippen molar-refractivity contribution in [3.05, 3.63) is 58.1 Å². The van der Waals surface area contributed by atoms with Crippen LogP contribution in [0.3, 0.4) is 0 Å². The summed E-state index contributed by atoms with van der Waals surface area (Å²) < 4.78 is 28.3. The number of hydrogen-bond donors (Lipinski definition) is 0. The summed E-state index contributed by atoms with van der Waals surface area (Å²) in [4.78, 5) is 12.4. The zero-order valence-electron chi connectivity index (χ0n) is 10.8. The Morgan fingerprint density at radius 1 is 1.29 bits per heavy atom. The molecule has 106 valence electrons. The van der Waals surface area contributed by atoms with Crippen LogP contribution < -0.4 is 0 Å². The monoisotopic (exact) mass is 307 g/mol. The van der Waals surface area contributed by atoms with Gasteiger partial charge in [0.15, 0.2) is 11.6 Å². The van der Waals surface area contributed by atoms with Crippen LogP contribution in [0.25, 0.3) is 11.0 Å². The number of benzene rings is 2. The van der Waals surface area contributed by atoms with E-state index in [0.717, 1.165) is 10.7 Å². The lowest BCUT2D eigenvalue weighted by Crippen LogP contribution is -2.17. The predicted octanol–water partition coefficient (Wildman–Crippen LogP) is 3.36. The van der Waals surface area contributed by atoms with Crippen molar-refractivity contribution >= 4 is 28.5 Å². The minimum atomic E-state index is -1.30. The van der Waals surface area contributed by atoms with Crippen molar-refractivity contribution in [1.82, 2.24) is 15.0 Å². The van der Waals surface area contributed by atoms with E-state index < -0.39 is 23.1 Å². The molecule has 2 aromatic carbocycles. The average molecular weight is 308 g/mol. The summed E-state index contributed by atoms with van der Waals surface area (Å²) in [5.74, 6) is -3.30. The van der Waals surface area contributed by atoms with Gasteiger partial charge in [0.2, 0.25) is 0 Å². The van der Waals surface area contributed by atoms with E-state index in [1.54, 1.807) is 24.3 Å². The third-order valence-electron chi connectivity index (χ3n) is 3.10. The topological polar surface area (TPSA) is 47.8 Å². The molecular weight excluding hydrogens is 300 g/mol. The molecule has 21 heavy (non-hydrogen) atoms. The Kier molecular flexibility index (Phi) is 3.17. The summed E-state index contributed by atoms with van der Waals surface area (Å²) in [6.07, 6.45) is 0. The number of para-hydroxylation sites is 1. The van der Waals surface area contributed by atoms with E-state index in [9.17, 15) is 13.6 Å². The first-order valence-corrected chi connectivity index (χ1v) is 6.37. The minimum absolute atomic E-state index is 0.140. The van der Waals surface area contributed by atoms with Gasteiger partial charge in [0.1, 0.15) is 5.52 Å². The third-order valence-corrected chi connectivity index (χ3v) is 3.58. The van der Waals surface area contributed by atoms with Crippen LogP contribution in [0.15, 0.2) is 30.3 Å². The lowest BCUT2D eigenvalue weighted by Gasteiger charge is -2.08. The molecule has 0 fully saturated rings. The SMILES string of the molecule is Cc1cc(F)c(F)c(C(=O)n2nnc3ccccc32)c1Cl. The zero-order valence-corrected chi connectivity index (χ0v) is 11.5. The molecule has 0 saturated heterocycles. The zero-order chi connectivity index (χ0) is 15.1. The Morgan fingerprint density at radius 3 is 2.76 bits per heavy atom. The summed E-state index contributed by atoms with van der Waals surface area (Å²) in [7, 11) is 0. The number of halogens is 3. The number of hydrogen-bond acceptors (Lipinski definition) is 3. The Labute approximate surface area is 122 Å². The van der Waals surface area contributed by atoms with Gasteiger partial charge in [0, 0.05) is 0 Å². The summed E-state index contributed by atoms with van der Waals surface area (Å²) >= 11 is 5.94. The molecule has 0 aliphatic rings. The number of carbonyl (C=O) groups is 1. The summed E-state index contributed by atoms with van der Waals surface area (Å²) in [5.41, 5.74) is 0.573. The third kappa shape index (κ3) is 2.08. The molecule has 1 heterocycles. The fourth-order valence-electron chi connectivity index (χ4n) is 2.04. The fourth-order valence-corrected chi connectivity index (χ4v) is 2.26. The van der Waals surface area contributed by atoms with Gasteiger partial charge in [0.05, 0.1) is 16.1 Å². The maximum Gasteiger partial charge on any atom is 0.284 e. The average Bonchev–Trinajstić information content (AvgIpc) is 2.89. The van der Waals surface area contributed by atoms with Gasteiger partial charge in [-0.2, -0.15) is 4.68 Å². The van der Waals surface area contributed by atoms with Crippen molar-refractivity contribution in [2.75, 3.05) is 0 Å². The van der Waals surface area contributed by atoms with Crippen LogP contribution in [0.2, 0.25) is 5.02 Å². The van der Waals surface area contributed by atoms with Gasteiger partial charge in [-0.05, 0) is 30.7 Å². The molecule has 0 unspecified atom stereocenters. The van der Waals surface area contributed by atoms with E-state index in [1.165, 1.54) is 6.92 Å². The summed E-state index contributed by atoms with van der Waals surface area (Å²) in [5, 5.41) is 7.34. The van der Waals surface area contributed by atoms with Crippen molar-refractivity contribution in [3.63, 3.8) is 0 Å². The second-order valence-electron chi connectivity index (χ2n) is 4.47. The molecular formula is C14H8ClF2N3O. The molecule has 0 atom stereocenters. The lowest BCUT2D eigenvalue weighted by atomic mass is 10.1. The maximum absolute atomic E-state index is 13.9. The Bertz CT molecular complexity index is 850. The van der Waals surface area contributed by atoms with Crippen LogP contribution in [-0.2, 0) is 0 Å². The normalized spacial score (nSPS) is 11.0. The highest BCUT2D eigenvalue weighted by molar-refractivity contribution is 6.34. The smallest absolute Gasteiger partial charge is 0.266 e. The maximum atomic E-state index is 13.9. The number of nitrogens with zero attached hydrogens (tertiary/aromatic N) is 3. The highest BCUT2D eigenvalue weighted by Crippen LogP contribution is 2.27. The van der Waals surface area contributed by atoms with E-state index in [-0.39, 0.29) is 10.6 Å². The van der Waals surface area contributed by atoms with E-state index in [4.69, 9.17) is 11.6 Å². The van der Waals surface area contributed by atoms with Gasteiger partial charge in [-0.15, -0.1) is 5.10 Å². The van der Waals surface area contributed by atoms with Crippen molar-refractivity contribution in [2.24, 2.45) is 0 Å². The molecule has 0 amide bonds. The molecule has 4 nitrogen and oxygen atoms in total. The first-order valence-electron chi connectivity index (χ1n) is 6.00. The van der Waals surface area contributed by atoms with Crippen LogP contribution in [0.4, 0.5) is 8.78 Å². The molecule has 7 heteroatoms. The first kappa shape index (κ1) is 13.6. The van der Waals surface area contributed by atoms with Gasteiger partial charge < -0.3 is 0 Å². The second-order valence-corrected chi connectivity index (χ2v) is 4.85. The molecule has 3 aromatic rings. The highest BCUT2D eigenvalue weighted by atomic mass is 35.5. The van der Waals surface area contributed by atoms with Crippen LogP contribution in [0.1, 0.15) is 15.9 Å². The molecule has 0 saturated carbocycles. The molecule has 0 bridgehead atoms. The molecule has 1 aromatic heterocycles. The van der Waals surface area contributed by atoms with Gasteiger partial charge in [-0.3, -0.25) is 4.79 Å². The standard InChI is InChI=1S/C14H8ClF2N3O/c1-7-6-8(16)13(17)11(12(7)15)14(21)20-10-5-3-2-4-9(10)18-19-20/h2-6H,1H3. The van der Waals surface area contributed by atoms with Crippen molar-refractivity contribution in [1.29, 1.82) is 0 Å². The van der Waals surface area contributed by atoms with Crippen molar-refractivity contribution in [2.45, 2.75) is 6.92 Å². The molecule has 0 spiro atoms. The first-order chi connectivity index (χ1) is 10.0. The Morgan fingerprint density at radius 2 is 2.00 bits per heavy atom. The number of fused-ring (bicyclic) bond motifs is 1. The van der Waals surface area contributed by atoms with E-state index in [2.05, 4.69) is 10.3 Å². The van der Waals surface area contributed by atoms with E-state index in [1.807, 2.05) is 0 Å². The summed E-state index contributed by atoms with van der Waals surface area (Å²) in [6, 6.07) is 7.61. The van der Waals surface area contributed by atoms with Gasteiger partial charge in [-0.1, -0.05) is 28.9 Å². The summed E-state index contributed by atoms with van der Waals surface area (Å²) in [6.45, 7) is 1.49. The van der Waals surface area contributed by atoms with E-state index >= 15 is 0 Å². The highest BCUT2D eigenvalue weighted by Gasteiger charge is 2.25. The van der Waals surface area contributed by atoms with Gasteiger partial charge >= 0.3 is 0 Å². The van der Waals surface area contributed by atoms with Gasteiger partial charge in [0.25, 0.3) is 5.91 Å². The fraction of sp³-hybridized carbons (Fsp3) is 0.0714. The number of rotatable bonds is 1. The number of aromatic nitrogens is 3. The van der Waals surface area contributed by atoms with Crippen LogP contribution in [0, 0.1) is 18.6 Å². The molecule has 0 N–H and O–H groups in total. The van der Waals surface area contributed by atoms with Crippen LogP contribution >= 0.6 is 11.6 Å². The van der Waals surface area contributed by atoms with E-state index in [0.29, 0.717) is 11.0 Å². The minimum Gasteiger partial charge on any atom is -0.266 e.